The number of amidine groups is 2. The Bertz CT molecular complexity index is 1840. The highest BCUT2D eigenvalue weighted by Gasteiger charge is 2.41. The number of ether oxygens (including phenoxy) is 1. The molecule has 0 bridgehead atoms. The molecule has 0 spiro atoms. The van der Waals surface area contributed by atoms with E-state index < -0.39 is 0 Å². The lowest BCUT2D eigenvalue weighted by molar-refractivity contribution is 0.340. The molecule has 2 aliphatic rings. The van der Waals surface area contributed by atoms with Gasteiger partial charge in [-0.15, -0.1) is 0 Å². The zero-order chi connectivity index (χ0) is 29.5. The average molecular weight is 568 g/mol. The smallest absolute Gasteiger partial charge is 0.179 e. The van der Waals surface area contributed by atoms with E-state index in [2.05, 4.69) is 72.4 Å². The second-order valence-electron chi connectivity index (χ2n) is 11.0. The fraction of sp³-hybridized carbons (Fsp3) is 0.200. The summed E-state index contributed by atoms with van der Waals surface area (Å²) in [6.07, 6.45) is 1.78. The van der Waals surface area contributed by atoms with Crippen LogP contribution in [0.15, 0.2) is 107 Å². The van der Waals surface area contributed by atoms with Crippen LogP contribution in [0.3, 0.4) is 0 Å². The minimum Gasteiger partial charge on any atom is -0.494 e. The number of nitrogens with one attached hydrogen (secondary N) is 1. The van der Waals surface area contributed by atoms with Gasteiger partial charge in [0, 0.05) is 17.4 Å². The molecule has 1 atom stereocenters. The van der Waals surface area contributed by atoms with Crippen molar-refractivity contribution in [1.82, 2.24) is 14.8 Å². The second kappa shape index (κ2) is 10.9. The first-order valence-corrected chi connectivity index (χ1v) is 14.7. The van der Waals surface area contributed by atoms with Crippen LogP contribution in [-0.2, 0) is 0 Å². The maximum atomic E-state index is 5.66. The predicted molar refractivity (Wildman–Crippen MR) is 173 cm³/mol. The number of anilines is 2. The molecule has 5 aromatic rings. The van der Waals surface area contributed by atoms with Gasteiger partial charge in [0.25, 0.3) is 0 Å². The van der Waals surface area contributed by atoms with E-state index in [9.17, 15) is 0 Å². The van der Waals surface area contributed by atoms with Crippen LogP contribution in [0.2, 0.25) is 0 Å². The van der Waals surface area contributed by atoms with Crippen molar-refractivity contribution in [2.75, 3.05) is 16.8 Å². The summed E-state index contributed by atoms with van der Waals surface area (Å²) in [5.74, 6) is 4.10. The molecular formula is C35H33N7O. The maximum absolute atomic E-state index is 5.66. The number of pyridine rings is 1. The van der Waals surface area contributed by atoms with Crippen molar-refractivity contribution in [2.45, 2.75) is 39.7 Å². The van der Waals surface area contributed by atoms with Gasteiger partial charge in [0.15, 0.2) is 23.3 Å². The summed E-state index contributed by atoms with van der Waals surface area (Å²) in [5, 5.41) is 8.54. The van der Waals surface area contributed by atoms with Crippen LogP contribution >= 0.6 is 0 Å². The predicted octanol–water partition coefficient (Wildman–Crippen LogP) is 7.89. The molecule has 2 aliphatic heterocycles. The summed E-state index contributed by atoms with van der Waals surface area (Å²) in [6.45, 7) is 9.09. The lowest BCUT2D eigenvalue weighted by atomic mass is 9.91. The number of rotatable bonds is 6. The molecule has 0 aliphatic carbocycles. The number of hydrogen-bond donors (Lipinski definition) is 1. The van der Waals surface area contributed by atoms with Gasteiger partial charge in [-0.3, -0.25) is 0 Å². The highest BCUT2D eigenvalue weighted by Crippen LogP contribution is 2.48. The molecule has 0 unspecified atom stereocenters. The normalized spacial score (nSPS) is 15.3. The number of nitrogens with zero attached hydrogens (tertiary/aromatic N) is 6. The minimum atomic E-state index is -0.185. The topological polar surface area (TPSA) is 79.9 Å². The summed E-state index contributed by atoms with van der Waals surface area (Å²) in [5.41, 5.74) is 7.16. The quantitative estimate of drug-likeness (QED) is 0.226. The molecule has 0 fully saturated rings. The summed E-state index contributed by atoms with van der Waals surface area (Å²) in [4.78, 5) is 17.3. The summed E-state index contributed by atoms with van der Waals surface area (Å²) in [7, 11) is 0. The number of aromatic nitrogens is 3. The van der Waals surface area contributed by atoms with Crippen LogP contribution in [0, 0.1) is 6.92 Å². The number of para-hydroxylation sites is 2. The van der Waals surface area contributed by atoms with Gasteiger partial charge in [-0.1, -0.05) is 56.3 Å². The SMILES string of the molecule is CCOc1ccc(NC2=Nc3ccccc3N3C2=Nc2c(c(C)nn2-c2ccccn2)[C@@H]3c2ccc(C(C)C)cc2)cc1. The van der Waals surface area contributed by atoms with E-state index in [-0.39, 0.29) is 6.04 Å². The van der Waals surface area contributed by atoms with Crippen molar-refractivity contribution in [1.29, 1.82) is 0 Å². The fourth-order valence-corrected chi connectivity index (χ4v) is 5.75. The molecule has 214 valence electrons. The number of hydrogen-bond acceptors (Lipinski definition) is 7. The number of aryl methyl sites for hydroxylation is 1. The third-order valence-corrected chi connectivity index (χ3v) is 7.85. The summed E-state index contributed by atoms with van der Waals surface area (Å²) in [6, 6.07) is 30.7. The molecule has 0 radical (unpaired) electrons. The molecule has 0 saturated carbocycles. The number of fused-ring (bicyclic) bond motifs is 4. The number of aliphatic imine (C=N–C) groups is 2. The van der Waals surface area contributed by atoms with Gasteiger partial charge in [0.05, 0.1) is 29.7 Å². The Morgan fingerprint density at radius 1 is 0.884 bits per heavy atom. The Hall–Kier alpha value is -5.24. The zero-order valence-electron chi connectivity index (χ0n) is 24.7. The van der Waals surface area contributed by atoms with Gasteiger partial charge in [0.2, 0.25) is 0 Å². The van der Waals surface area contributed by atoms with Crippen molar-refractivity contribution in [3.8, 4) is 11.6 Å². The first-order valence-electron chi connectivity index (χ1n) is 14.7. The Balaban J connectivity index is 1.44. The van der Waals surface area contributed by atoms with E-state index in [0.29, 0.717) is 24.2 Å². The molecule has 7 rings (SSSR count). The van der Waals surface area contributed by atoms with Gasteiger partial charge >= 0.3 is 0 Å². The Morgan fingerprint density at radius 2 is 1.65 bits per heavy atom. The Morgan fingerprint density at radius 3 is 2.37 bits per heavy atom. The molecule has 43 heavy (non-hydrogen) atoms. The molecule has 0 amide bonds. The highest BCUT2D eigenvalue weighted by molar-refractivity contribution is 6.51. The van der Waals surface area contributed by atoms with Crippen molar-refractivity contribution < 1.29 is 4.74 Å². The van der Waals surface area contributed by atoms with Crippen molar-refractivity contribution >= 4 is 34.6 Å². The van der Waals surface area contributed by atoms with Crippen LogP contribution in [0.4, 0.5) is 22.9 Å². The second-order valence-corrected chi connectivity index (χ2v) is 11.0. The molecule has 8 nitrogen and oxygen atoms in total. The van der Waals surface area contributed by atoms with Crippen molar-refractivity contribution in [3.63, 3.8) is 0 Å². The lowest BCUT2D eigenvalue weighted by Gasteiger charge is -2.40. The minimum absolute atomic E-state index is 0.185. The first kappa shape index (κ1) is 26.6. The summed E-state index contributed by atoms with van der Waals surface area (Å²) < 4.78 is 7.51. The fourth-order valence-electron chi connectivity index (χ4n) is 5.75. The van der Waals surface area contributed by atoms with Gasteiger partial charge in [-0.05, 0) is 79.4 Å². The van der Waals surface area contributed by atoms with E-state index >= 15 is 0 Å². The standard InChI is InChI=1S/C35H33N7O/c1-5-43-27-19-17-26(18-20-27)37-33-35-39-34-31(23(4)40-42(34)30-12-8-9-21-36-30)32(25-15-13-24(14-16-25)22(2)3)41(35)29-11-7-6-10-28(29)38-33/h6-22,32H,5H2,1-4H3,(H,37,38)/t32-/m0/s1. The van der Waals surface area contributed by atoms with E-state index in [1.165, 1.54) is 5.56 Å². The molecule has 8 heteroatoms. The Labute approximate surface area is 251 Å². The third-order valence-electron chi connectivity index (χ3n) is 7.85. The van der Waals surface area contributed by atoms with Crippen LogP contribution in [-0.4, -0.2) is 33.0 Å². The first-order chi connectivity index (χ1) is 21.0. The van der Waals surface area contributed by atoms with E-state index in [1.807, 2.05) is 66.2 Å². The zero-order valence-corrected chi connectivity index (χ0v) is 24.7. The lowest BCUT2D eigenvalue weighted by Crippen LogP contribution is -2.46. The molecule has 1 N–H and O–H groups in total. The average Bonchev–Trinajstić information content (AvgIpc) is 3.37. The van der Waals surface area contributed by atoms with Crippen molar-refractivity contribution in [2.24, 2.45) is 9.98 Å². The van der Waals surface area contributed by atoms with E-state index in [4.69, 9.17) is 19.8 Å². The molecule has 0 saturated heterocycles. The highest BCUT2D eigenvalue weighted by atomic mass is 16.5. The van der Waals surface area contributed by atoms with Crippen molar-refractivity contribution in [3.05, 3.63) is 120 Å². The van der Waals surface area contributed by atoms with Crippen LogP contribution in [0.5, 0.6) is 5.75 Å². The van der Waals surface area contributed by atoms with Crippen LogP contribution in [0.25, 0.3) is 5.82 Å². The largest absolute Gasteiger partial charge is 0.494 e. The van der Waals surface area contributed by atoms with Crippen LogP contribution < -0.4 is 15.0 Å². The van der Waals surface area contributed by atoms with Gasteiger partial charge < -0.3 is 15.0 Å². The van der Waals surface area contributed by atoms with Gasteiger partial charge in [-0.2, -0.15) is 9.78 Å². The molecular weight excluding hydrogens is 534 g/mol. The van der Waals surface area contributed by atoms with Gasteiger partial charge in [-0.25, -0.2) is 15.0 Å². The Kier molecular flexibility index (Phi) is 6.74. The van der Waals surface area contributed by atoms with Gasteiger partial charge in [0.1, 0.15) is 5.75 Å². The molecule has 2 aromatic heterocycles. The van der Waals surface area contributed by atoms with E-state index in [0.717, 1.165) is 51.3 Å². The van der Waals surface area contributed by atoms with E-state index in [1.54, 1.807) is 6.20 Å². The molecule has 3 aromatic carbocycles. The number of benzene rings is 3. The monoisotopic (exact) mass is 567 g/mol. The summed E-state index contributed by atoms with van der Waals surface area (Å²) >= 11 is 0. The third kappa shape index (κ3) is 4.74. The maximum Gasteiger partial charge on any atom is 0.179 e. The molecule has 4 heterocycles. The van der Waals surface area contributed by atoms with Crippen LogP contribution in [0.1, 0.15) is 55.1 Å².